The molecule has 0 saturated carbocycles. The number of nitrogens with one attached hydrogen (secondary N) is 1. The summed E-state index contributed by atoms with van der Waals surface area (Å²) in [6.07, 6.45) is 10.1. The number of carbonyl (C=O) groups is 2. The Labute approximate surface area is 233 Å². The van der Waals surface area contributed by atoms with Crippen LogP contribution >= 0.6 is 0 Å². The Bertz CT molecular complexity index is 1530. The van der Waals surface area contributed by atoms with Gasteiger partial charge in [0, 0.05) is 55.6 Å². The quantitative estimate of drug-likeness (QED) is 0.495. The minimum absolute atomic E-state index is 0.0167. The van der Waals surface area contributed by atoms with Crippen LogP contribution in [-0.2, 0) is 10.4 Å². The Hall–Kier alpha value is -3.98. The summed E-state index contributed by atoms with van der Waals surface area (Å²) in [6.45, 7) is 7.40. The molecular weight excluding hydrogens is 506 g/mol. The Morgan fingerprint density at radius 3 is 2.50 bits per heavy atom. The molecule has 9 heteroatoms. The second-order valence-electron chi connectivity index (χ2n) is 11.5. The molecule has 0 spiro atoms. The monoisotopic (exact) mass is 541 g/mol. The van der Waals surface area contributed by atoms with Gasteiger partial charge in [-0.05, 0) is 68.7 Å². The lowest BCUT2D eigenvalue weighted by atomic mass is 9.88. The van der Waals surface area contributed by atoms with Gasteiger partial charge in [-0.15, -0.1) is 0 Å². The maximum Gasteiger partial charge on any atom is 0.272 e. The number of fused-ring (bicyclic) bond motifs is 1. The SMILES string of the molecule is CC(=O)N1CCC[C@@H]1C1C=c2[nH]c(-c3ccc(C(C)(C)O)cn3)cc2=CC1Oc1ccc(C(=O)N2CCC2)nc1. The molecule has 5 heterocycles. The van der Waals surface area contributed by atoms with E-state index in [2.05, 4.69) is 33.2 Å². The third-order valence-corrected chi connectivity index (χ3v) is 8.23. The second kappa shape index (κ2) is 10.2. The fourth-order valence-corrected chi connectivity index (χ4v) is 5.83. The lowest BCUT2D eigenvalue weighted by Crippen LogP contribution is -2.47. The summed E-state index contributed by atoms with van der Waals surface area (Å²) in [4.78, 5) is 41.2. The third kappa shape index (κ3) is 5.01. The number of pyridine rings is 2. The van der Waals surface area contributed by atoms with Crippen molar-refractivity contribution >= 4 is 24.0 Å². The van der Waals surface area contributed by atoms with Gasteiger partial charge < -0.3 is 24.6 Å². The number of aromatic amines is 1. The van der Waals surface area contributed by atoms with Crippen molar-refractivity contribution in [3.05, 3.63) is 64.6 Å². The normalized spacial score (nSPS) is 22.1. The number of nitrogens with zero attached hydrogens (tertiary/aromatic N) is 4. The van der Waals surface area contributed by atoms with Crippen molar-refractivity contribution in [2.24, 2.45) is 5.92 Å². The van der Waals surface area contributed by atoms with E-state index in [4.69, 9.17) is 4.74 Å². The molecule has 0 radical (unpaired) electrons. The second-order valence-corrected chi connectivity index (χ2v) is 11.5. The van der Waals surface area contributed by atoms with Gasteiger partial charge in [-0.3, -0.25) is 14.6 Å². The molecule has 2 unspecified atom stereocenters. The molecule has 2 N–H and O–H groups in total. The highest BCUT2D eigenvalue weighted by atomic mass is 16.5. The van der Waals surface area contributed by atoms with E-state index in [0.717, 1.165) is 66.4 Å². The molecule has 40 heavy (non-hydrogen) atoms. The predicted octanol–water partition coefficient (Wildman–Crippen LogP) is 2.19. The summed E-state index contributed by atoms with van der Waals surface area (Å²) in [6, 6.07) is 9.38. The summed E-state index contributed by atoms with van der Waals surface area (Å²) >= 11 is 0. The lowest BCUT2D eigenvalue weighted by molar-refractivity contribution is -0.130. The summed E-state index contributed by atoms with van der Waals surface area (Å²) in [5.41, 5.74) is 1.84. The van der Waals surface area contributed by atoms with Crippen molar-refractivity contribution in [1.82, 2.24) is 24.8 Å². The maximum absolute atomic E-state index is 12.5. The molecular formula is C31H35N5O4. The average Bonchev–Trinajstić information content (AvgIpc) is 3.54. The zero-order valence-corrected chi connectivity index (χ0v) is 23.1. The van der Waals surface area contributed by atoms with Crippen LogP contribution in [0.1, 0.15) is 56.1 Å². The van der Waals surface area contributed by atoms with Crippen molar-refractivity contribution in [2.75, 3.05) is 19.6 Å². The van der Waals surface area contributed by atoms with E-state index in [1.54, 1.807) is 50.2 Å². The van der Waals surface area contributed by atoms with E-state index in [1.807, 2.05) is 17.0 Å². The first kappa shape index (κ1) is 26.3. The Morgan fingerprint density at radius 2 is 1.88 bits per heavy atom. The molecule has 9 nitrogen and oxygen atoms in total. The first-order valence-electron chi connectivity index (χ1n) is 14.0. The number of rotatable bonds is 6. The highest BCUT2D eigenvalue weighted by Gasteiger charge is 2.38. The van der Waals surface area contributed by atoms with Gasteiger partial charge in [0.1, 0.15) is 17.5 Å². The van der Waals surface area contributed by atoms with E-state index in [0.29, 0.717) is 11.4 Å². The van der Waals surface area contributed by atoms with Gasteiger partial charge in [-0.2, -0.15) is 0 Å². The lowest BCUT2D eigenvalue weighted by Gasteiger charge is -2.34. The molecule has 2 fully saturated rings. The first-order chi connectivity index (χ1) is 19.2. The average molecular weight is 542 g/mol. The molecule has 2 aliphatic heterocycles. The Balaban J connectivity index is 1.32. The van der Waals surface area contributed by atoms with Gasteiger partial charge in [0.05, 0.1) is 23.2 Å². The fourth-order valence-electron chi connectivity index (χ4n) is 5.83. The number of amides is 2. The van der Waals surface area contributed by atoms with Crippen LogP contribution in [0.15, 0.2) is 42.7 Å². The zero-order valence-electron chi connectivity index (χ0n) is 23.1. The highest BCUT2D eigenvalue weighted by Crippen LogP contribution is 2.31. The summed E-state index contributed by atoms with van der Waals surface area (Å²) in [7, 11) is 0. The van der Waals surface area contributed by atoms with E-state index < -0.39 is 5.60 Å². The van der Waals surface area contributed by atoms with Gasteiger partial charge in [0.15, 0.2) is 0 Å². The van der Waals surface area contributed by atoms with Crippen LogP contribution in [0.4, 0.5) is 0 Å². The maximum atomic E-state index is 12.5. The number of H-pyrrole nitrogens is 1. The van der Waals surface area contributed by atoms with Crippen molar-refractivity contribution in [1.29, 1.82) is 0 Å². The summed E-state index contributed by atoms with van der Waals surface area (Å²) < 4.78 is 6.50. The minimum atomic E-state index is -0.959. The third-order valence-electron chi connectivity index (χ3n) is 8.23. The van der Waals surface area contributed by atoms with E-state index in [9.17, 15) is 14.7 Å². The van der Waals surface area contributed by atoms with Crippen LogP contribution in [0.3, 0.4) is 0 Å². The van der Waals surface area contributed by atoms with Gasteiger partial charge >= 0.3 is 0 Å². The predicted molar refractivity (Wildman–Crippen MR) is 151 cm³/mol. The number of ether oxygens (including phenoxy) is 1. The molecule has 2 amide bonds. The Kier molecular flexibility index (Phi) is 6.70. The van der Waals surface area contributed by atoms with Crippen LogP contribution in [0, 0.1) is 5.92 Å². The number of aromatic nitrogens is 3. The first-order valence-corrected chi connectivity index (χ1v) is 14.0. The van der Waals surface area contributed by atoms with Gasteiger partial charge in [-0.1, -0.05) is 12.1 Å². The van der Waals surface area contributed by atoms with E-state index in [-0.39, 0.29) is 29.9 Å². The molecule has 2 saturated heterocycles. The zero-order chi connectivity index (χ0) is 28.0. The molecule has 3 aliphatic rings. The largest absolute Gasteiger partial charge is 0.484 e. The number of hydrogen-bond donors (Lipinski definition) is 2. The van der Waals surface area contributed by atoms with Crippen LogP contribution in [0.5, 0.6) is 5.75 Å². The molecule has 208 valence electrons. The van der Waals surface area contributed by atoms with Crippen molar-refractivity contribution in [3.8, 4) is 17.1 Å². The number of hydrogen-bond acceptors (Lipinski definition) is 6. The smallest absolute Gasteiger partial charge is 0.272 e. The fraction of sp³-hybridized carbons (Fsp3) is 0.419. The van der Waals surface area contributed by atoms with Crippen molar-refractivity contribution in [2.45, 2.75) is 57.8 Å². The highest BCUT2D eigenvalue weighted by molar-refractivity contribution is 5.92. The minimum Gasteiger partial charge on any atom is -0.484 e. The van der Waals surface area contributed by atoms with Crippen LogP contribution in [0.2, 0.25) is 0 Å². The Morgan fingerprint density at radius 1 is 1.05 bits per heavy atom. The summed E-state index contributed by atoms with van der Waals surface area (Å²) in [5, 5.41) is 12.2. The van der Waals surface area contributed by atoms with Crippen LogP contribution in [-0.4, -0.2) is 73.5 Å². The number of likely N-dealkylation sites (tertiary alicyclic amines) is 2. The van der Waals surface area contributed by atoms with Crippen molar-refractivity contribution < 1.29 is 19.4 Å². The number of carbonyl (C=O) groups excluding carboxylic acids is 2. The molecule has 0 bridgehead atoms. The summed E-state index contributed by atoms with van der Waals surface area (Å²) in [5.74, 6) is 0.526. The molecule has 3 atom stereocenters. The number of aliphatic hydroxyl groups is 1. The van der Waals surface area contributed by atoms with Gasteiger partial charge in [-0.25, -0.2) is 4.98 Å². The molecule has 0 aromatic carbocycles. The van der Waals surface area contributed by atoms with Gasteiger partial charge in [0.2, 0.25) is 5.91 Å². The topological polar surface area (TPSA) is 112 Å². The van der Waals surface area contributed by atoms with Gasteiger partial charge in [0.25, 0.3) is 5.91 Å². The standard InChI is InChI=1S/C31H35N5O4/c1-19(37)36-13-4-6-28(36)23-16-26-20(14-27(34-26)24-9-7-21(17-32-24)31(2,3)39)15-29(23)40-22-8-10-25(33-18-22)30(38)35-11-5-12-35/h7-10,14-18,23,28-29,34,39H,4-6,11-13H2,1-3H3/t23?,28-,29?/m1/s1. The molecule has 6 rings (SSSR count). The van der Waals surface area contributed by atoms with Crippen LogP contribution < -0.4 is 15.3 Å². The van der Waals surface area contributed by atoms with Crippen molar-refractivity contribution in [3.63, 3.8) is 0 Å². The molecule has 3 aromatic rings. The molecule has 3 aromatic heterocycles. The van der Waals surface area contributed by atoms with E-state index in [1.165, 1.54) is 0 Å². The van der Waals surface area contributed by atoms with E-state index >= 15 is 0 Å². The molecule has 1 aliphatic carbocycles. The van der Waals surface area contributed by atoms with Crippen LogP contribution in [0.25, 0.3) is 23.5 Å².